The molecule has 1 aromatic rings. The van der Waals surface area contributed by atoms with E-state index in [1.54, 1.807) is 28.9 Å². The van der Waals surface area contributed by atoms with Crippen LogP contribution in [0.1, 0.15) is 0 Å². The molecule has 0 saturated carbocycles. The highest BCUT2D eigenvalue weighted by molar-refractivity contribution is 5.85. The van der Waals surface area contributed by atoms with E-state index < -0.39 is 101 Å². The highest BCUT2D eigenvalue weighted by Crippen LogP contribution is 2.35. The number of nitrogens with one attached hydrogen (secondary N) is 5. The number of rotatable bonds is 58. The lowest BCUT2D eigenvalue weighted by Crippen LogP contribution is -2.48. The van der Waals surface area contributed by atoms with Crippen molar-refractivity contribution in [2.45, 2.75) is 49.1 Å². The van der Waals surface area contributed by atoms with Gasteiger partial charge in [-0.3, -0.25) is 58.8 Å². The number of anilines is 3. The molecule has 5 saturated heterocycles. The number of fused-ring (bicyclic) bond motifs is 1. The normalized spacial score (nSPS) is 17.6. The fourth-order valence-electron chi connectivity index (χ4n) is 12.9. The SMILES string of the molecule is COC1C(CO)N(CO)C(=O)N1CO.COCN(CCO)c1nc(N(CCO)CCO)nc(N(COC)COC)n1.COCN(COC)C(=O)N(CCO)CCO.COCN1C(=O)N(CCO)C(CO)C1OC.COCN1C(=O)N(CO)C(CO)C1OC.COCN1C(=O)N(COC)C2C1N(CCO)C(=O)N2CCO.COCNC(=O)N(COC)COC.COCNC(=O)NCCO.O=C(NCO)NCO. The average molecular weight is 2070 g/mol. The first kappa shape index (κ1) is 136. The summed E-state index contributed by atoms with van der Waals surface area (Å²) in [5.74, 6) is 0.844. The number of aliphatic hydroxyl groups is 17. The molecule has 5 aliphatic heterocycles. The second-order valence-electron chi connectivity index (χ2n) is 27.9. The Bertz CT molecular complexity index is 3130. The molecule has 0 aliphatic carbocycles. The van der Waals surface area contributed by atoms with Crippen LogP contribution in [0.5, 0.6) is 0 Å². The molecule has 0 radical (unpaired) electrons. The molecule has 5 fully saturated rings. The molecule has 18 amide bonds. The Balaban J connectivity index is -0.00000155. The fourth-order valence-corrected chi connectivity index (χ4v) is 12.9. The van der Waals surface area contributed by atoms with Crippen LogP contribution in [-0.4, -0.2) is 642 Å². The molecule has 828 valence electrons. The van der Waals surface area contributed by atoms with Gasteiger partial charge < -0.3 is 209 Å². The predicted molar refractivity (Wildman–Crippen MR) is 485 cm³/mol. The smallest absolute Gasteiger partial charge is 0.327 e. The molecule has 0 bridgehead atoms. The third kappa shape index (κ3) is 46.4. The van der Waals surface area contributed by atoms with Crippen LogP contribution in [0.25, 0.3) is 0 Å². The Hall–Kier alpha value is -9.48. The zero-order valence-corrected chi connectivity index (χ0v) is 83.0. The summed E-state index contributed by atoms with van der Waals surface area (Å²) in [5, 5.41) is 163. The first-order valence-corrected chi connectivity index (χ1v) is 42.7. The van der Waals surface area contributed by atoms with Gasteiger partial charge in [0.05, 0.1) is 79.3 Å². The van der Waals surface area contributed by atoms with Gasteiger partial charge in [0.2, 0.25) is 17.8 Å². The van der Waals surface area contributed by atoms with Crippen molar-refractivity contribution in [2.24, 2.45) is 0 Å². The van der Waals surface area contributed by atoms with Crippen LogP contribution in [0.4, 0.5) is 61.0 Å². The summed E-state index contributed by atoms with van der Waals surface area (Å²) in [5.41, 5.74) is 0. The average Bonchev–Trinajstić information content (AvgIpc) is 1.57. The zero-order chi connectivity index (χ0) is 107. The van der Waals surface area contributed by atoms with Gasteiger partial charge in [-0.2, -0.15) is 15.0 Å². The molecule has 141 heavy (non-hydrogen) atoms. The molecule has 1 aromatic heterocycles. The van der Waals surface area contributed by atoms with Crippen LogP contribution in [0, 0.1) is 0 Å². The number of urea groups is 9. The third-order valence-electron chi connectivity index (χ3n) is 18.7. The minimum atomic E-state index is -0.732. The maximum absolute atomic E-state index is 12.5. The van der Waals surface area contributed by atoms with Gasteiger partial charge in [-0.25, -0.2) is 43.2 Å². The summed E-state index contributed by atoms with van der Waals surface area (Å²) in [6, 6.07) is -5.17. The van der Waals surface area contributed by atoms with Crippen molar-refractivity contribution < 1.29 is 206 Å². The van der Waals surface area contributed by atoms with Crippen LogP contribution in [0.15, 0.2) is 0 Å². The van der Waals surface area contributed by atoms with Gasteiger partial charge >= 0.3 is 54.3 Å². The molecule has 8 unspecified atom stereocenters. The van der Waals surface area contributed by atoms with Gasteiger partial charge in [0.15, 0.2) is 31.0 Å². The number of carbonyl (C=O) groups is 9. The number of ether oxygens (including phenoxy) is 16. The summed E-state index contributed by atoms with van der Waals surface area (Å²) in [7, 11) is 23.6. The Labute approximate surface area is 817 Å². The van der Waals surface area contributed by atoms with Crippen molar-refractivity contribution in [1.29, 1.82) is 0 Å². The van der Waals surface area contributed by atoms with E-state index in [2.05, 4.69) is 40.4 Å². The van der Waals surface area contributed by atoms with Crippen molar-refractivity contribution in [3.8, 4) is 0 Å². The fraction of sp³-hybridized carbons (Fsp3) is 0.840. The summed E-state index contributed by atoms with van der Waals surface area (Å²) in [6.07, 6.45) is -3.06. The lowest BCUT2D eigenvalue weighted by atomic mass is 10.2. The van der Waals surface area contributed by atoms with Gasteiger partial charge in [-0.05, 0) is 0 Å². The number of amides is 18. The van der Waals surface area contributed by atoms with E-state index in [4.69, 9.17) is 122 Å². The molecule has 66 nitrogen and oxygen atoms in total. The highest BCUT2D eigenvalue weighted by Gasteiger charge is 2.59. The molecule has 6 heterocycles. The zero-order valence-electron chi connectivity index (χ0n) is 83.0. The van der Waals surface area contributed by atoms with E-state index in [0.29, 0.717) is 5.95 Å². The van der Waals surface area contributed by atoms with E-state index in [1.165, 1.54) is 149 Å². The van der Waals surface area contributed by atoms with Crippen molar-refractivity contribution in [2.75, 3.05) is 388 Å². The maximum atomic E-state index is 12.5. The van der Waals surface area contributed by atoms with Crippen LogP contribution in [-0.2, 0) is 75.8 Å². The second kappa shape index (κ2) is 83.9. The number of hydrogen-bond acceptors (Lipinski definition) is 48. The Morgan fingerprint density at radius 1 is 0.291 bits per heavy atom. The number of β-amino-alcohol motifs (C(OH)–C–C–N with tert-alkyl or cyclic N) is 3. The number of methoxy groups -OCH3 is 16. The monoisotopic (exact) mass is 2070 g/mol. The second-order valence-corrected chi connectivity index (χ2v) is 27.9. The molecule has 5 aliphatic rings. The van der Waals surface area contributed by atoms with Crippen LogP contribution in [0.2, 0.25) is 0 Å². The Kier molecular flexibility index (Phi) is 80.7. The van der Waals surface area contributed by atoms with Crippen molar-refractivity contribution >= 4 is 72.1 Å². The van der Waals surface area contributed by atoms with E-state index in [1.807, 2.05) is 10.6 Å². The van der Waals surface area contributed by atoms with Crippen LogP contribution in [0.3, 0.4) is 0 Å². The van der Waals surface area contributed by atoms with E-state index in [9.17, 15) is 73.8 Å². The van der Waals surface area contributed by atoms with Crippen molar-refractivity contribution in [1.82, 2.24) is 105 Å². The van der Waals surface area contributed by atoms with Crippen LogP contribution < -0.4 is 41.3 Å². The minimum Gasteiger partial charge on any atom is -0.395 e. The largest absolute Gasteiger partial charge is 0.395 e. The molecular formula is C75H156N24O42. The first-order valence-electron chi connectivity index (χ1n) is 42.7. The van der Waals surface area contributed by atoms with Gasteiger partial charge in [-0.15, -0.1) is 0 Å². The first-order chi connectivity index (χ1) is 68.0. The van der Waals surface area contributed by atoms with Crippen LogP contribution >= 0.6 is 0 Å². The Morgan fingerprint density at radius 3 is 0.936 bits per heavy atom. The van der Waals surface area contributed by atoms with Gasteiger partial charge in [0, 0.05) is 173 Å². The number of carbonyl (C=O) groups excluding carboxylic acids is 9. The number of aliphatic hydroxyl groups excluding tert-OH is 17. The Morgan fingerprint density at radius 2 is 0.596 bits per heavy atom. The third-order valence-corrected chi connectivity index (χ3v) is 18.7. The number of hydrogen-bond donors (Lipinski definition) is 22. The number of nitrogens with zero attached hydrogens (tertiary/aromatic N) is 19. The van der Waals surface area contributed by atoms with Crippen molar-refractivity contribution in [3.63, 3.8) is 0 Å². The van der Waals surface area contributed by atoms with E-state index in [-0.39, 0.29) is 274 Å². The number of aromatic nitrogens is 3. The molecule has 8 atom stereocenters. The lowest BCUT2D eigenvalue weighted by Gasteiger charge is -2.28. The molecule has 0 spiro atoms. The maximum Gasteiger partial charge on any atom is 0.327 e. The molecule has 22 N–H and O–H groups in total. The molecular weight excluding hydrogens is 1910 g/mol. The van der Waals surface area contributed by atoms with Gasteiger partial charge in [-0.1, -0.05) is 0 Å². The summed E-state index contributed by atoms with van der Waals surface area (Å²) < 4.78 is 79.1. The van der Waals surface area contributed by atoms with Crippen molar-refractivity contribution in [3.05, 3.63) is 0 Å². The lowest BCUT2D eigenvalue weighted by molar-refractivity contribution is -0.0604. The summed E-state index contributed by atoms with van der Waals surface area (Å²) in [4.78, 5) is 139. The van der Waals surface area contributed by atoms with Gasteiger partial charge in [0.1, 0.15) is 139 Å². The minimum absolute atomic E-state index is 0.0163. The molecule has 6 rings (SSSR count). The highest BCUT2D eigenvalue weighted by atomic mass is 16.6. The molecule has 0 aromatic carbocycles. The summed E-state index contributed by atoms with van der Waals surface area (Å²) >= 11 is 0. The quantitative estimate of drug-likeness (QED) is 0.0269. The summed E-state index contributed by atoms with van der Waals surface area (Å²) in [6.45, 7) is -1.17. The van der Waals surface area contributed by atoms with E-state index in [0.717, 1.165) is 14.7 Å². The van der Waals surface area contributed by atoms with Gasteiger partial charge in [0.25, 0.3) is 0 Å². The predicted octanol–water partition coefficient (Wildman–Crippen LogP) is -12.6. The van der Waals surface area contributed by atoms with E-state index >= 15 is 0 Å². The standard InChI is InChI=1S/C15H30N6O6.C12H22N4O6.C9H18N2O5.C9H20N2O5.C8H16N2O5.C7H14N2O5.C7H16N2O4.C5H12N2O3.C3H8N2O3/c1-25-10-20(6-9-24)14-16-13(19(4-7-22)5-8-23)17-15(18-14)21(11-26-2)12-27-3;1-21-7-15-9-10(16(8-22-2)12(15)20)14(4-6-18)11(19)13(9)3-5-17;1-15-6-11-8(16-2)7(5-13)10(3-4-12)9(11)14;1-15-7-11(8-16-2)9(14)10(3-5-12)4-6-13;1-14-5-10-7(15-2)6(3-11)9(4-12)8(10)13;1-14-6-5(2-10)8(3-11)7(13)9(6)4-12;1-11-4-8-7(10)9(5-12-2)6-13-3;1-10-4-7-5(9)6-2-3-8;6-1-4-3(8)5-2-7/h22-24H,4-12H2,1-3H3;9-10,17-18H,3-8H2,1-2H3;7-8,12-13H,3-6H2,1-2H3;12-13H,3-8H2,1-2H3;6-7,11-12H,3-5H2,1-2H3;5-6,10-12H,2-4H2,1H3;4-6H2,1-3H3,(H,8,10);8H,2-4H2,1H3,(H2,6,7,9);6-7H,1-2H2,(H2,4,5,8). The molecule has 66 heteroatoms. The topological polar surface area (TPSA) is 796 Å².